The number of amides is 1. The number of hydrogen-bond donors (Lipinski definition) is 1. The monoisotopic (exact) mass is 535 g/mol. The summed E-state index contributed by atoms with van der Waals surface area (Å²) in [6.45, 7) is 4.21. The van der Waals surface area contributed by atoms with Crippen molar-refractivity contribution in [2.45, 2.75) is 31.8 Å². The summed E-state index contributed by atoms with van der Waals surface area (Å²) in [6.07, 6.45) is 1.63. The number of nitriles is 1. The molecule has 0 aliphatic rings. The third kappa shape index (κ3) is 5.57. The second-order valence-electron chi connectivity index (χ2n) is 7.93. The van der Waals surface area contributed by atoms with Crippen molar-refractivity contribution in [3.05, 3.63) is 87.4 Å². The number of carbonyl (C=O) groups excluding carboxylic acids is 1. The standard InChI is InChI=1S/C27H23Cl2N5OS/c1-3-18-8-6-9-19(4-2)25(18)34-26(22-12-11-20(28)14-23(22)29)32-33-27(34)36-16-24(35)31-21-10-5-7-17(13-21)15-30/h5-14H,3-4,16H2,1-2H3,(H,31,35). The zero-order chi connectivity index (χ0) is 25.7. The lowest BCUT2D eigenvalue weighted by molar-refractivity contribution is -0.113. The largest absolute Gasteiger partial charge is 0.325 e. The number of carbonyl (C=O) groups is 1. The van der Waals surface area contributed by atoms with E-state index in [-0.39, 0.29) is 11.7 Å². The molecule has 0 aliphatic heterocycles. The molecule has 0 radical (unpaired) electrons. The molecule has 6 nitrogen and oxygen atoms in total. The Morgan fingerprint density at radius 1 is 1.03 bits per heavy atom. The van der Waals surface area contributed by atoms with Crippen molar-refractivity contribution in [1.82, 2.24) is 14.8 Å². The molecular formula is C27H23Cl2N5OS. The van der Waals surface area contributed by atoms with Crippen molar-refractivity contribution in [2.24, 2.45) is 0 Å². The third-order valence-corrected chi connectivity index (χ3v) is 7.08. The topological polar surface area (TPSA) is 83.6 Å². The Bertz CT molecular complexity index is 1440. The molecule has 4 rings (SSSR count). The number of nitrogens with one attached hydrogen (secondary N) is 1. The molecule has 0 bridgehead atoms. The summed E-state index contributed by atoms with van der Waals surface area (Å²) in [6, 6.07) is 20.4. The van der Waals surface area contributed by atoms with Gasteiger partial charge < -0.3 is 5.32 Å². The van der Waals surface area contributed by atoms with Crippen LogP contribution in [-0.2, 0) is 17.6 Å². The van der Waals surface area contributed by atoms with Crippen molar-refractivity contribution >= 4 is 46.6 Å². The number of aryl methyl sites for hydroxylation is 2. The molecule has 0 fully saturated rings. The lowest BCUT2D eigenvalue weighted by Crippen LogP contribution is -2.15. The number of thioether (sulfide) groups is 1. The summed E-state index contributed by atoms with van der Waals surface area (Å²) in [7, 11) is 0. The van der Waals surface area contributed by atoms with E-state index in [0.29, 0.717) is 37.8 Å². The van der Waals surface area contributed by atoms with Crippen molar-refractivity contribution in [1.29, 1.82) is 5.26 Å². The molecule has 1 heterocycles. The summed E-state index contributed by atoms with van der Waals surface area (Å²) in [5.41, 5.74) is 5.02. The predicted octanol–water partition coefficient (Wildman–Crippen LogP) is 6.97. The molecule has 0 saturated heterocycles. The molecule has 9 heteroatoms. The average Bonchev–Trinajstić information content (AvgIpc) is 3.30. The molecule has 3 aromatic carbocycles. The van der Waals surface area contributed by atoms with Gasteiger partial charge in [-0.15, -0.1) is 10.2 Å². The second-order valence-corrected chi connectivity index (χ2v) is 9.71. The predicted molar refractivity (Wildman–Crippen MR) is 146 cm³/mol. The Morgan fingerprint density at radius 2 is 1.75 bits per heavy atom. The lowest BCUT2D eigenvalue weighted by Gasteiger charge is -2.18. The fraction of sp³-hybridized carbons (Fsp3) is 0.185. The maximum absolute atomic E-state index is 12.7. The van der Waals surface area contributed by atoms with Gasteiger partial charge in [0.2, 0.25) is 5.91 Å². The van der Waals surface area contributed by atoms with Crippen LogP contribution < -0.4 is 5.32 Å². The van der Waals surface area contributed by atoms with Gasteiger partial charge in [-0.2, -0.15) is 5.26 Å². The Labute approximate surface area is 224 Å². The Morgan fingerprint density at radius 3 is 2.42 bits per heavy atom. The van der Waals surface area contributed by atoms with Crippen molar-refractivity contribution < 1.29 is 4.79 Å². The number of rotatable bonds is 8. The quantitative estimate of drug-likeness (QED) is 0.246. The van der Waals surface area contributed by atoms with E-state index in [1.807, 2.05) is 10.6 Å². The number of hydrogen-bond acceptors (Lipinski definition) is 5. The number of halogens is 2. The number of para-hydroxylation sites is 1. The van der Waals surface area contributed by atoms with Gasteiger partial charge >= 0.3 is 0 Å². The van der Waals surface area contributed by atoms with Crippen LogP contribution in [0.25, 0.3) is 17.1 Å². The molecule has 1 N–H and O–H groups in total. The zero-order valence-corrected chi connectivity index (χ0v) is 22.1. The van der Waals surface area contributed by atoms with Gasteiger partial charge in [0.25, 0.3) is 0 Å². The molecule has 36 heavy (non-hydrogen) atoms. The average molecular weight is 536 g/mol. The summed E-state index contributed by atoms with van der Waals surface area (Å²) >= 11 is 14.0. The number of benzene rings is 3. The number of aromatic nitrogens is 3. The molecule has 0 saturated carbocycles. The van der Waals surface area contributed by atoms with Gasteiger partial charge in [-0.1, -0.05) is 73.1 Å². The first-order valence-corrected chi connectivity index (χ1v) is 13.1. The maximum atomic E-state index is 12.7. The van der Waals surface area contributed by atoms with Crippen molar-refractivity contribution in [2.75, 3.05) is 11.1 Å². The normalized spacial score (nSPS) is 10.8. The van der Waals surface area contributed by atoms with Gasteiger partial charge in [-0.3, -0.25) is 9.36 Å². The van der Waals surface area contributed by atoms with Gasteiger partial charge in [0, 0.05) is 16.3 Å². The summed E-state index contributed by atoms with van der Waals surface area (Å²) in [4.78, 5) is 12.7. The molecule has 0 spiro atoms. The third-order valence-electron chi connectivity index (χ3n) is 5.60. The van der Waals surface area contributed by atoms with E-state index < -0.39 is 0 Å². The van der Waals surface area contributed by atoms with Crippen molar-refractivity contribution in [3.63, 3.8) is 0 Å². The molecule has 4 aromatic rings. The summed E-state index contributed by atoms with van der Waals surface area (Å²) in [5, 5.41) is 22.5. The Kier molecular flexibility index (Phi) is 8.32. The molecule has 1 amide bonds. The number of nitrogens with zero attached hydrogens (tertiary/aromatic N) is 4. The first-order valence-electron chi connectivity index (χ1n) is 11.4. The smallest absolute Gasteiger partial charge is 0.234 e. The molecule has 1 aromatic heterocycles. The van der Waals surface area contributed by atoms with Crippen LogP contribution in [0.3, 0.4) is 0 Å². The SMILES string of the molecule is CCc1cccc(CC)c1-n1c(SCC(=O)Nc2cccc(C#N)c2)nnc1-c1ccc(Cl)cc1Cl. The highest BCUT2D eigenvalue weighted by Gasteiger charge is 2.22. The van der Waals surface area contributed by atoms with Crippen LogP contribution in [-0.4, -0.2) is 26.4 Å². The van der Waals surface area contributed by atoms with E-state index in [2.05, 4.69) is 53.6 Å². The first-order chi connectivity index (χ1) is 17.4. The van der Waals surface area contributed by atoms with Crippen LogP contribution in [0.15, 0.2) is 65.8 Å². The summed E-state index contributed by atoms with van der Waals surface area (Å²) < 4.78 is 1.99. The second kappa shape index (κ2) is 11.6. The van der Waals surface area contributed by atoms with Crippen LogP contribution >= 0.6 is 35.0 Å². The van der Waals surface area contributed by atoms with E-state index in [9.17, 15) is 4.79 Å². The highest BCUT2D eigenvalue weighted by Crippen LogP contribution is 2.36. The van der Waals surface area contributed by atoms with E-state index in [1.54, 1.807) is 36.4 Å². The van der Waals surface area contributed by atoms with Crippen LogP contribution in [0, 0.1) is 11.3 Å². The highest BCUT2D eigenvalue weighted by molar-refractivity contribution is 7.99. The molecule has 0 aliphatic carbocycles. The molecule has 182 valence electrons. The molecule has 0 unspecified atom stereocenters. The van der Waals surface area contributed by atoms with Gasteiger partial charge in [-0.25, -0.2) is 0 Å². The minimum Gasteiger partial charge on any atom is -0.325 e. The van der Waals surface area contributed by atoms with E-state index in [4.69, 9.17) is 28.5 Å². The van der Waals surface area contributed by atoms with Crippen LogP contribution in [0.1, 0.15) is 30.5 Å². The fourth-order valence-corrected chi connectivity index (χ4v) is 5.14. The van der Waals surface area contributed by atoms with Gasteiger partial charge in [0.05, 0.1) is 28.1 Å². The minimum atomic E-state index is -0.213. The highest BCUT2D eigenvalue weighted by atomic mass is 35.5. The summed E-state index contributed by atoms with van der Waals surface area (Å²) in [5.74, 6) is 0.478. The lowest BCUT2D eigenvalue weighted by atomic mass is 10.0. The molecular weight excluding hydrogens is 513 g/mol. The van der Waals surface area contributed by atoms with E-state index in [0.717, 1.165) is 29.7 Å². The minimum absolute atomic E-state index is 0.110. The number of anilines is 1. The Balaban J connectivity index is 1.73. The van der Waals surface area contributed by atoms with Crippen LogP contribution in [0.5, 0.6) is 0 Å². The van der Waals surface area contributed by atoms with Gasteiger partial charge in [0.1, 0.15) is 0 Å². The fourth-order valence-electron chi connectivity index (χ4n) is 3.91. The van der Waals surface area contributed by atoms with Gasteiger partial charge in [-0.05, 0) is 60.4 Å². The first kappa shape index (κ1) is 25.8. The molecule has 0 atom stereocenters. The van der Waals surface area contributed by atoms with Crippen LogP contribution in [0.4, 0.5) is 5.69 Å². The van der Waals surface area contributed by atoms with E-state index >= 15 is 0 Å². The van der Waals surface area contributed by atoms with Crippen LogP contribution in [0.2, 0.25) is 10.0 Å². The van der Waals surface area contributed by atoms with E-state index in [1.165, 1.54) is 11.8 Å². The zero-order valence-electron chi connectivity index (χ0n) is 19.8. The van der Waals surface area contributed by atoms with Crippen molar-refractivity contribution in [3.8, 4) is 23.1 Å². The maximum Gasteiger partial charge on any atom is 0.234 e. The Hall–Kier alpha value is -3.31. The van der Waals surface area contributed by atoms with Gasteiger partial charge in [0.15, 0.2) is 11.0 Å².